The Bertz CT molecular complexity index is 402. The van der Waals surface area contributed by atoms with Gasteiger partial charge in [-0.05, 0) is 24.8 Å². The third-order valence-electron chi connectivity index (χ3n) is 4.44. The van der Waals surface area contributed by atoms with Crippen molar-refractivity contribution < 1.29 is 4.74 Å². The third kappa shape index (κ3) is 2.26. The average Bonchev–Trinajstić information content (AvgIpc) is 2.37. The molecule has 1 saturated carbocycles. The molecule has 1 aliphatic carbocycles. The Balaban J connectivity index is 2.29. The fourth-order valence-electron chi connectivity index (χ4n) is 2.98. The Hall–Kier alpha value is -1.02. The first-order chi connectivity index (χ1) is 8.60. The monoisotopic (exact) mass is 247 g/mol. The topological polar surface area (TPSA) is 21.3 Å². The van der Waals surface area contributed by atoms with Gasteiger partial charge in [-0.15, -0.1) is 0 Å². The van der Waals surface area contributed by atoms with Gasteiger partial charge in [0, 0.05) is 23.6 Å². The summed E-state index contributed by atoms with van der Waals surface area (Å²) >= 11 is 0. The highest BCUT2D eigenvalue weighted by atomic mass is 16.5. The molecule has 0 saturated heterocycles. The van der Waals surface area contributed by atoms with Crippen LogP contribution >= 0.6 is 0 Å². The van der Waals surface area contributed by atoms with Crippen molar-refractivity contribution in [3.8, 4) is 5.75 Å². The van der Waals surface area contributed by atoms with Gasteiger partial charge in [-0.25, -0.2) is 0 Å². The zero-order valence-corrected chi connectivity index (χ0v) is 12.0. The van der Waals surface area contributed by atoms with Gasteiger partial charge in [-0.1, -0.05) is 39.0 Å². The van der Waals surface area contributed by atoms with Crippen molar-refractivity contribution in [3.05, 3.63) is 29.8 Å². The molecule has 1 aromatic rings. The Kier molecular flexibility index (Phi) is 3.96. The number of ether oxygens (including phenoxy) is 1. The molecule has 2 atom stereocenters. The van der Waals surface area contributed by atoms with Crippen LogP contribution in [0.4, 0.5) is 0 Å². The van der Waals surface area contributed by atoms with E-state index in [1.54, 1.807) is 7.11 Å². The molecule has 0 bridgehead atoms. The molecular weight excluding hydrogens is 222 g/mol. The van der Waals surface area contributed by atoms with Crippen LogP contribution in [-0.4, -0.2) is 19.7 Å². The summed E-state index contributed by atoms with van der Waals surface area (Å²) in [6.07, 6.45) is 2.58. The highest BCUT2D eigenvalue weighted by Gasteiger charge is 2.46. The van der Waals surface area contributed by atoms with E-state index in [-0.39, 0.29) is 5.41 Å². The largest absolute Gasteiger partial charge is 0.496 e. The summed E-state index contributed by atoms with van der Waals surface area (Å²) < 4.78 is 5.55. The molecule has 0 spiro atoms. The predicted octanol–water partition coefficient (Wildman–Crippen LogP) is 3.36. The lowest BCUT2D eigenvalue weighted by Crippen LogP contribution is -2.51. The Labute approximate surface area is 111 Å². The molecule has 0 aliphatic heterocycles. The van der Waals surface area contributed by atoms with E-state index in [1.165, 1.54) is 18.4 Å². The van der Waals surface area contributed by atoms with Gasteiger partial charge in [-0.3, -0.25) is 0 Å². The summed E-state index contributed by atoms with van der Waals surface area (Å²) in [5, 5.41) is 3.61. The summed E-state index contributed by atoms with van der Waals surface area (Å²) in [5.74, 6) is 1.76. The van der Waals surface area contributed by atoms with Crippen LogP contribution in [0.1, 0.15) is 39.2 Å². The van der Waals surface area contributed by atoms with Gasteiger partial charge < -0.3 is 10.1 Å². The Morgan fingerprint density at radius 2 is 2.11 bits per heavy atom. The molecule has 2 heteroatoms. The standard InChI is InChI=1S/C16H25NO/c1-12(2)17-11-16(10-9-13(16)3)14-7-5-6-8-15(14)18-4/h5-8,12-13,17H,9-11H2,1-4H3. The zero-order chi connectivity index (χ0) is 13.2. The lowest BCUT2D eigenvalue weighted by atomic mass is 9.57. The molecule has 1 aromatic carbocycles. The van der Waals surface area contributed by atoms with Crippen LogP contribution in [0.2, 0.25) is 0 Å². The minimum atomic E-state index is 0.261. The summed E-state index contributed by atoms with van der Waals surface area (Å²) in [6, 6.07) is 9.02. The Morgan fingerprint density at radius 3 is 2.61 bits per heavy atom. The van der Waals surface area contributed by atoms with Gasteiger partial charge >= 0.3 is 0 Å². The van der Waals surface area contributed by atoms with Gasteiger partial charge in [0.2, 0.25) is 0 Å². The molecule has 0 heterocycles. The Morgan fingerprint density at radius 1 is 1.39 bits per heavy atom. The highest BCUT2D eigenvalue weighted by molar-refractivity contribution is 5.42. The number of benzene rings is 1. The number of nitrogens with one attached hydrogen (secondary N) is 1. The van der Waals surface area contributed by atoms with Crippen molar-refractivity contribution in [3.63, 3.8) is 0 Å². The van der Waals surface area contributed by atoms with Crippen molar-refractivity contribution >= 4 is 0 Å². The molecule has 100 valence electrons. The zero-order valence-electron chi connectivity index (χ0n) is 12.0. The second kappa shape index (κ2) is 5.31. The molecule has 0 amide bonds. The first-order valence-corrected chi connectivity index (χ1v) is 6.97. The lowest BCUT2D eigenvalue weighted by molar-refractivity contribution is 0.127. The van der Waals surface area contributed by atoms with Crippen LogP contribution in [0.25, 0.3) is 0 Å². The molecule has 2 unspecified atom stereocenters. The summed E-state index contributed by atoms with van der Waals surface area (Å²) in [4.78, 5) is 0. The number of hydrogen-bond acceptors (Lipinski definition) is 2. The van der Waals surface area contributed by atoms with Crippen molar-refractivity contribution in [2.45, 2.75) is 45.1 Å². The first kappa shape index (κ1) is 13.4. The normalized spacial score (nSPS) is 27.1. The number of hydrogen-bond donors (Lipinski definition) is 1. The summed E-state index contributed by atoms with van der Waals surface area (Å²) in [7, 11) is 1.77. The van der Waals surface area contributed by atoms with E-state index in [0.717, 1.165) is 18.2 Å². The molecule has 1 fully saturated rings. The molecular formula is C16H25NO. The molecule has 0 radical (unpaired) electrons. The van der Waals surface area contributed by atoms with E-state index in [9.17, 15) is 0 Å². The van der Waals surface area contributed by atoms with Gasteiger partial charge in [-0.2, -0.15) is 0 Å². The SMILES string of the molecule is COc1ccccc1C1(CNC(C)C)CCC1C. The van der Waals surface area contributed by atoms with Crippen LogP contribution in [-0.2, 0) is 5.41 Å². The van der Waals surface area contributed by atoms with E-state index in [0.29, 0.717) is 6.04 Å². The smallest absolute Gasteiger partial charge is 0.122 e. The molecule has 1 aliphatic rings. The maximum atomic E-state index is 5.55. The van der Waals surface area contributed by atoms with E-state index >= 15 is 0 Å². The third-order valence-corrected chi connectivity index (χ3v) is 4.44. The predicted molar refractivity (Wildman–Crippen MR) is 76.2 cm³/mol. The maximum absolute atomic E-state index is 5.55. The van der Waals surface area contributed by atoms with E-state index in [1.807, 2.05) is 0 Å². The number of methoxy groups -OCH3 is 1. The van der Waals surface area contributed by atoms with Gasteiger partial charge in [0.15, 0.2) is 0 Å². The minimum absolute atomic E-state index is 0.261. The van der Waals surface area contributed by atoms with Crippen LogP contribution in [0.5, 0.6) is 5.75 Å². The fourth-order valence-corrected chi connectivity index (χ4v) is 2.98. The van der Waals surface area contributed by atoms with Gasteiger partial charge in [0.25, 0.3) is 0 Å². The highest BCUT2D eigenvalue weighted by Crippen LogP contribution is 2.50. The van der Waals surface area contributed by atoms with Crippen LogP contribution < -0.4 is 10.1 Å². The van der Waals surface area contributed by atoms with Gasteiger partial charge in [0.05, 0.1) is 7.11 Å². The van der Waals surface area contributed by atoms with E-state index < -0.39 is 0 Å². The summed E-state index contributed by atoms with van der Waals surface area (Å²) in [5.41, 5.74) is 1.64. The molecule has 0 aromatic heterocycles. The molecule has 2 nitrogen and oxygen atoms in total. The minimum Gasteiger partial charge on any atom is -0.496 e. The van der Waals surface area contributed by atoms with Crippen molar-refractivity contribution in [2.75, 3.05) is 13.7 Å². The fraction of sp³-hybridized carbons (Fsp3) is 0.625. The molecule has 18 heavy (non-hydrogen) atoms. The van der Waals surface area contributed by atoms with E-state index in [2.05, 4.69) is 50.4 Å². The van der Waals surface area contributed by atoms with Crippen LogP contribution in [0.15, 0.2) is 24.3 Å². The second-order valence-corrected chi connectivity index (χ2v) is 5.83. The molecule has 1 N–H and O–H groups in total. The van der Waals surface area contributed by atoms with Gasteiger partial charge in [0.1, 0.15) is 5.75 Å². The van der Waals surface area contributed by atoms with Crippen LogP contribution in [0.3, 0.4) is 0 Å². The first-order valence-electron chi connectivity index (χ1n) is 6.97. The number of para-hydroxylation sites is 1. The van der Waals surface area contributed by atoms with E-state index in [4.69, 9.17) is 4.74 Å². The number of rotatable bonds is 5. The van der Waals surface area contributed by atoms with Crippen molar-refractivity contribution in [2.24, 2.45) is 5.92 Å². The quantitative estimate of drug-likeness (QED) is 0.861. The summed E-state index contributed by atoms with van der Waals surface area (Å²) in [6.45, 7) is 7.82. The molecule has 2 rings (SSSR count). The average molecular weight is 247 g/mol. The lowest BCUT2D eigenvalue weighted by Gasteiger charge is -2.49. The van der Waals surface area contributed by atoms with Crippen molar-refractivity contribution in [1.29, 1.82) is 0 Å². The van der Waals surface area contributed by atoms with Crippen LogP contribution in [0, 0.1) is 5.92 Å². The second-order valence-electron chi connectivity index (χ2n) is 5.83. The maximum Gasteiger partial charge on any atom is 0.122 e. The van der Waals surface area contributed by atoms with Crippen molar-refractivity contribution in [1.82, 2.24) is 5.32 Å².